The van der Waals surface area contributed by atoms with Crippen LogP contribution in [0, 0.1) is 6.92 Å². The van der Waals surface area contributed by atoms with E-state index in [4.69, 9.17) is 0 Å². The maximum Gasteiger partial charge on any atom is 0.251 e. The first-order valence-electron chi connectivity index (χ1n) is 8.73. The number of carbonyl (C=O) groups excluding carboxylic acids is 1. The van der Waals surface area contributed by atoms with Gasteiger partial charge in [-0.05, 0) is 36.8 Å². The van der Waals surface area contributed by atoms with Crippen LogP contribution in [0.4, 0.5) is 17.5 Å². The third-order valence-electron chi connectivity index (χ3n) is 4.00. The number of aryl methyl sites for hydroxylation is 1. The van der Waals surface area contributed by atoms with Crippen LogP contribution in [0.3, 0.4) is 0 Å². The first-order valence-corrected chi connectivity index (χ1v) is 8.73. The molecule has 6 heteroatoms. The smallest absolute Gasteiger partial charge is 0.251 e. The normalized spacial score (nSPS) is 10.3. The van der Waals surface area contributed by atoms with Crippen molar-refractivity contribution in [3.63, 3.8) is 0 Å². The van der Waals surface area contributed by atoms with Gasteiger partial charge in [-0.1, -0.05) is 30.3 Å². The maximum absolute atomic E-state index is 12.3. The van der Waals surface area contributed by atoms with Crippen molar-refractivity contribution in [2.75, 3.05) is 24.3 Å². The van der Waals surface area contributed by atoms with E-state index in [2.05, 4.69) is 20.6 Å². The summed E-state index contributed by atoms with van der Waals surface area (Å²) >= 11 is 0. The minimum Gasteiger partial charge on any atom is -0.363 e. The lowest BCUT2D eigenvalue weighted by Gasteiger charge is -2.14. The Bertz CT molecular complexity index is 908. The quantitative estimate of drug-likeness (QED) is 0.703. The highest BCUT2D eigenvalue weighted by atomic mass is 16.1. The summed E-state index contributed by atoms with van der Waals surface area (Å²) in [6.45, 7) is 2.43. The molecule has 2 N–H and O–H groups in total. The van der Waals surface area contributed by atoms with Gasteiger partial charge in [0.1, 0.15) is 5.82 Å². The van der Waals surface area contributed by atoms with Gasteiger partial charge in [-0.15, -0.1) is 0 Å². The largest absolute Gasteiger partial charge is 0.363 e. The van der Waals surface area contributed by atoms with Gasteiger partial charge in [0.05, 0.1) is 0 Å². The summed E-state index contributed by atoms with van der Waals surface area (Å²) in [7, 11) is 3.88. The molecule has 0 aliphatic rings. The fraction of sp³-hybridized carbons (Fsp3) is 0.190. The highest BCUT2D eigenvalue weighted by Gasteiger charge is 2.07. The Morgan fingerprint density at radius 2 is 1.70 bits per heavy atom. The average molecular weight is 361 g/mol. The van der Waals surface area contributed by atoms with E-state index in [1.807, 2.05) is 74.4 Å². The standard InChI is InChI=1S/C21H23N5O/c1-15-13-19(26(2)3)25-21(23-15)24-18-11-9-17(10-12-18)20(27)22-14-16-7-5-4-6-8-16/h4-13H,14H2,1-3H3,(H,22,27)(H,23,24,25). The van der Waals surface area contributed by atoms with Crippen LogP contribution in [0.5, 0.6) is 0 Å². The van der Waals surface area contributed by atoms with E-state index < -0.39 is 0 Å². The van der Waals surface area contributed by atoms with Gasteiger partial charge in [0, 0.05) is 43.7 Å². The third kappa shape index (κ3) is 5.04. The Morgan fingerprint density at radius 1 is 1.00 bits per heavy atom. The highest BCUT2D eigenvalue weighted by molar-refractivity contribution is 5.94. The molecule has 2 aromatic carbocycles. The van der Waals surface area contributed by atoms with Crippen molar-refractivity contribution in [2.24, 2.45) is 0 Å². The van der Waals surface area contributed by atoms with E-state index in [9.17, 15) is 4.79 Å². The Balaban J connectivity index is 1.64. The zero-order valence-electron chi connectivity index (χ0n) is 15.7. The summed E-state index contributed by atoms with van der Waals surface area (Å²) in [5, 5.41) is 6.11. The van der Waals surface area contributed by atoms with Gasteiger partial charge in [-0.2, -0.15) is 4.98 Å². The number of hydrogen-bond acceptors (Lipinski definition) is 5. The van der Waals surface area contributed by atoms with Crippen molar-refractivity contribution in [3.05, 3.63) is 77.5 Å². The van der Waals surface area contributed by atoms with Crippen LogP contribution < -0.4 is 15.5 Å². The second-order valence-corrected chi connectivity index (χ2v) is 6.46. The molecule has 1 amide bonds. The minimum absolute atomic E-state index is 0.105. The fourth-order valence-corrected chi connectivity index (χ4v) is 2.55. The zero-order valence-corrected chi connectivity index (χ0v) is 15.7. The summed E-state index contributed by atoms with van der Waals surface area (Å²) in [6.07, 6.45) is 0. The van der Waals surface area contributed by atoms with Crippen molar-refractivity contribution in [2.45, 2.75) is 13.5 Å². The van der Waals surface area contributed by atoms with Crippen molar-refractivity contribution >= 4 is 23.4 Å². The molecule has 0 saturated carbocycles. The number of nitrogens with one attached hydrogen (secondary N) is 2. The Hall–Kier alpha value is -3.41. The Labute approximate surface area is 159 Å². The van der Waals surface area contributed by atoms with Crippen LogP contribution in [-0.2, 0) is 6.54 Å². The van der Waals surface area contributed by atoms with Crippen LogP contribution in [0.1, 0.15) is 21.6 Å². The van der Waals surface area contributed by atoms with E-state index in [1.54, 1.807) is 12.1 Å². The number of rotatable bonds is 6. The molecule has 0 unspecified atom stereocenters. The summed E-state index contributed by atoms with van der Waals surface area (Å²) in [4.78, 5) is 23.1. The van der Waals surface area contributed by atoms with Gasteiger partial charge in [0.2, 0.25) is 5.95 Å². The van der Waals surface area contributed by atoms with Gasteiger partial charge in [0.15, 0.2) is 0 Å². The highest BCUT2D eigenvalue weighted by Crippen LogP contribution is 2.17. The Morgan fingerprint density at radius 3 is 2.37 bits per heavy atom. The van der Waals surface area contributed by atoms with Crippen LogP contribution in [0.2, 0.25) is 0 Å². The lowest BCUT2D eigenvalue weighted by molar-refractivity contribution is 0.0951. The van der Waals surface area contributed by atoms with E-state index in [0.717, 1.165) is 22.8 Å². The lowest BCUT2D eigenvalue weighted by Crippen LogP contribution is -2.22. The van der Waals surface area contributed by atoms with Crippen LogP contribution >= 0.6 is 0 Å². The van der Waals surface area contributed by atoms with E-state index in [-0.39, 0.29) is 5.91 Å². The molecule has 1 aromatic heterocycles. The van der Waals surface area contributed by atoms with Crippen molar-refractivity contribution < 1.29 is 4.79 Å². The monoisotopic (exact) mass is 361 g/mol. The molecule has 1 heterocycles. The molecule has 0 bridgehead atoms. The van der Waals surface area contributed by atoms with Gasteiger partial charge < -0.3 is 15.5 Å². The van der Waals surface area contributed by atoms with Crippen molar-refractivity contribution in [1.29, 1.82) is 0 Å². The van der Waals surface area contributed by atoms with Crippen molar-refractivity contribution in [3.8, 4) is 0 Å². The molecule has 138 valence electrons. The summed E-state index contributed by atoms with van der Waals surface area (Å²) in [5.74, 6) is 1.26. The summed E-state index contributed by atoms with van der Waals surface area (Å²) in [5.41, 5.74) is 3.38. The SMILES string of the molecule is Cc1cc(N(C)C)nc(Nc2ccc(C(=O)NCc3ccccc3)cc2)n1. The molecule has 27 heavy (non-hydrogen) atoms. The number of hydrogen-bond donors (Lipinski definition) is 2. The number of nitrogens with zero attached hydrogens (tertiary/aromatic N) is 3. The molecule has 3 aromatic rings. The predicted molar refractivity (Wildman–Crippen MR) is 108 cm³/mol. The number of aromatic nitrogens is 2. The van der Waals surface area contributed by atoms with Crippen LogP contribution in [-0.4, -0.2) is 30.0 Å². The van der Waals surface area contributed by atoms with Gasteiger partial charge >= 0.3 is 0 Å². The average Bonchev–Trinajstić information content (AvgIpc) is 2.67. The zero-order chi connectivity index (χ0) is 19.2. The minimum atomic E-state index is -0.105. The third-order valence-corrected chi connectivity index (χ3v) is 4.00. The van der Waals surface area contributed by atoms with E-state index >= 15 is 0 Å². The molecule has 3 rings (SSSR count). The van der Waals surface area contributed by atoms with Crippen LogP contribution in [0.25, 0.3) is 0 Å². The first-order chi connectivity index (χ1) is 13.0. The molecular formula is C21H23N5O. The molecule has 0 aliphatic heterocycles. The number of anilines is 3. The number of amides is 1. The maximum atomic E-state index is 12.3. The molecule has 0 aliphatic carbocycles. The molecule has 0 saturated heterocycles. The molecule has 0 radical (unpaired) electrons. The first kappa shape index (κ1) is 18.4. The lowest BCUT2D eigenvalue weighted by atomic mass is 10.2. The van der Waals surface area contributed by atoms with Gasteiger partial charge in [-0.25, -0.2) is 4.98 Å². The second-order valence-electron chi connectivity index (χ2n) is 6.46. The molecule has 0 spiro atoms. The fourth-order valence-electron chi connectivity index (χ4n) is 2.55. The predicted octanol–water partition coefficient (Wildman–Crippen LogP) is 3.52. The topological polar surface area (TPSA) is 70.2 Å². The Kier molecular flexibility index (Phi) is 5.66. The number of benzene rings is 2. The van der Waals surface area contributed by atoms with Crippen LogP contribution in [0.15, 0.2) is 60.7 Å². The van der Waals surface area contributed by atoms with E-state index in [0.29, 0.717) is 18.1 Å². The molecule has 6 nitrogen and oxygen atoms in total. The molecule has 0 fully saturated rings. The van der Waals surface area contributed by atoms with Crippen molar-refractivity contribution in [1.82, 2.24) is 15.3 Å². The summed E-state index contributed by atoms with van der Waals surface area (Å²) < 4.78 is 0. The second kappa shape index (κ2) is 8.31. The molecular weight excluding hydrogens is 338 g/mol. The van der Waals surface area contributed by atoms with E-state index in [1.165, 1.54) is 0 Å². The number of carbonyl (C=O) groups is 1. The summed E-state index contributed by atoms with van der Waals surface area (Å²) in [6, 6.07) is 19.0. The van der Waals surface area contributed by atoms with Gasteiger partial charge in [-0.3, -0.25) is 4.79 Å². The van der Waals surface area contributed by atoms with Gasteiger partial charge in [0.25, 0.3) is 5.91 Å². The molecule has 0 atom stereocenters.